The number of hydrogen-bond donors (Lipinski definition) is 2. The molecule has 0 aromatic heterocycles. The van der Waals surface area contributed by atoms with Gasteiger partial charge in [-0.05, 0) is 29.3 Å². The van der Waals surface area contributed by atoms with E-state index in [2.05, 4.69) is 59.3 Å². The van der Waals surface area contributed by atoms with Gasteiger partial charge in [-0.25, -0.2) is 0 Å². The van der Waals surface area contributed by atoms with Crippen LogP contribution in [0.3, 0.4) is 0 Å². The second-order valence-electron chi connectivity index (χ2n) is 3.08. The zero-order valence-corrected chi connectivity index (χ0v) is 9.90. The van der Waals surface area contributed by atoms with Gasteiger partial charge < -0.3 is 10.0 Å². The summed E-state index contributed by atoms with van der Waals surface area (Å²) in [7, 11) is 0. The van der Waals surface area contributed by atoms with E-state index in [0.29, 0.717) is 0 Å². The van der Waals surface area contributed by atoms with Gasteiger partial charge in [0.25, 0.3) is 0 Å². The first-order valence-electron chi connectivity index (χ1n) is 4.44. The highest BCUT2D eigenvalue weighted by atomic mass is 79.9. The quantitative estimate of drug-likeness (QED) is 0.719. The smallest absolute Gasteiger partial charge is 0.429 e. The number of aryl methyl sites for hydroxylation is 1. The maximum Gasteiger partial charge on any atom is 0.482 e. The summed E-state index contributed by atoms with van der Waals surface area (Å²) >= 11 is 3.55. The summed E-state index contributed by atoms with van der Waals surface area (Å²) in [6, 6.07) is 12.7. The van der Waals surface area contributed by atoms with Crippen molar-refractivity contribution in [1.29, 1.82) is 0 Å². The van der Waals surface area contributed by atoms with Crippen LogP contribution in [0.15, 0.2) is 40.9 Å². The maximum absolute atomic E-state index is 7.00. The van der Waals surface area contributed by atoms with E-state index in [-0.39, 0.29) is 7.69 Å². The topological polar surface area (TPSA) is 40.5 Å². The molecule has 2 aromatic carbocycles. The number of benzene rings is 2. The zero-order valence-electron chi connectivity index (χ0n) is 8.31. The predicted molar refractivity (Wildman–Crippen MR) is 66.6 cm³/mol. The first-order valence-corrected chi connectivity index (χ1v) is 5.23. The van der Waals surface area contributed by atoms with Crippen LogP contribution in [0.1, 0.15) is 5.56 Å². The molecule has 0 unspecified atom stereocenters. The van der Waals surface area contributed by atoms with Crippen molar-refractivity contribution >= 4 is 34.4 Å². The van der Waals surface area contributed by atoms with Crippen LogP contribution >= 0.6 is 15.9 Å². The van der Waals surface area contributed by atoms with Gasteiger partial charge in [0, 0.05) is 4.47 Å². The Bertz CT molecular complexity index is 446. The molecule has 2 aromatic rings. The van der Waals surface area contributed by atoms with Crippen molar-refractivity contribution in [3.05, 3.63) is 46.4 Å². The van der Waals surface area contributed by atoms with Crippen LogP contribution in [-0.2, 0) is 0 Å². The fraction of sp³-hybridized carbons (Fsp3) is 0.0909. The van der Waals surface area contributed by atoms with E-state index in [1.54, 1.807) is 0 Å². The van der Waals surface area contributed by atoms with E-state index in [1.165, 1.54) is 20.8 Å². The second-order valence-corrected chi connectivity index (χ2v) is 3.94. The van der Waals surface area contributed by atoms with Gasteiger partial charge in [-0.1, -0.05) is 46.3 Å². The van der Waals surface area contributed by atoms with E-state index in [0.717, 1.165) is 0 Å². The first-order chi connectivity index (χ1) is 7.19. The molecular weight excluding hydrogens is 255 g/mol. The summed E-state index contributed by atoms with van der Waals surface area (Å²) in [5, 5.41) is 16.6. The first kappa shape index (κ1) is 12.2. The minimum absolute atomic E-state index is 0. The van der Waals surface area contributed by atoms with Gasteiger partial charge in [0.15, 0.2) is 0 Å². The van der Waals surface area contributed by atoms with Crippen molar-refractivity contribution in [2.75, 3.05) is 0 Å². The van der Waals surface area contributed by atoms with Crippen LogP contribution in [0.4, 0.5) is 0 Å². The number of fused-ring (bicyclic) bond motifs is 1. The Morgan fingerprint density at radius 1 is 1.13 bits per heavy atom. The molecule has 1 radical (unpaired) electrons. The van der Waals surface area contributed by atoms with Crippen molar-refractivity contribution in [1.82, 2.24) is 0 Å². The largest absolute Gasteiger partial charge is 0.482 e. The molecule has 0 aliphatic carbocycles. The monoisotopic (exact) mass is 265 g/mol. The normalized spacial score (nSPS) is 9.33. The molecule has 15 heavy (non-hydrogen) atoms. The molecule has 0 spiro atoms. The summed E-state index contributed by atoms with van der Waals surface area (Å²) in [6.07, 6.45) is 0. The van der Waals surface area contributed by atoms with Crippen molar-refractivity contribution in [3.63, 3.8) is 0 Å². The van der Waals surface area contributed by atoms with E-state index >= 15 is 0 Å². The molecule has 0 aliphatic heterocycles. The molecule has 0 saturated carbocycles. The predicted octanol–water partition coefficient (Wildman–Crippen LogP) is 2.42. The summed E-state index contributed by atoms with van der Waals surface area (Å²) in [6.45, 7) is 2.11. The highest BCUT2D eigenvalue weighted by molar-refractivity contribution is 9.10. The molecule has 0 fully saturated rings. The van der Waals surface area contributed by atoms with Crippen LogP contribution < -0.4 is 0 Å². The lowest BCUT2D eigenvalue weighted by atomic mass is 10.1. The van der Waals surface area contributed by atoms with Gasteiger partial charge in [0.1, 0.15) is 0 Å². The number of rotatable bonds is 0. The van der Waals surface area contributed by atoms with Crippen LogP contribution in [0.2, 0.25) is 0 Å². The Balaban J connectivity index is 0.000000337. The lowest BCUT2D eigenvalue weighted by molar-refractivity contribution is 0.448. The Kier molecular flexibility index (Phi) is 4.82. The standard InChI is InChI=1S/C11H9Br.BH2O2/c1-8-6-9-4-2-3-5-10(9)11(12)7-8;2-1-3/h2-7H,1H3;2-3H. The minimum Gasteiger partial charge on any atom is -0.429 e. The Labute approximate surface area is 98.0 Å². The highest BCUT2D eigenvalue weighted by Crippen LogP contribution is 2.24. The van der Waals surface area contributed by atoms with Crippen LogP contribution in [0.25, 0.3) is 10.8 Å². The Morgan fingerprint density at radius 3 is 2.40 bits per heavy atom. The van der Waals surface area contributed by atoms with Gasteiger partial charge >= 0.3 is 7.69 Å². The highest BCUT2D eigenvalue weighted by Gasteiger charge is 1.97. The Hall–Kier alpha value is -0.835. The number of hydrogen-bond acceptors (Lipinski definition) is 2. The average Bonchev–Trinajstić information content (AvgIpc) is 2.18. The van der Waals surface area contributed by atoms with Crippen LogP contribution in [0.5, 0.6) is 0 Å². The third kappa shape index (κ3) is 3.34. The SMILES string of the molecule is Cc1cc(Br)c2ccccc2c1.O[B]O. The lowest BCUT2D eigenvalue weighted by Gasteiger charge is -2.01. The van der Waals surface area contributed by atoms with E-state index < -0.39 is 0 Å². The fourth-order valence-corrected chi connectivity index (χ4v) is 2.13. The molecular formula is C11H11BBrO2. The maximum atomic E-state index is 7.00. The summed E-state index contributed by atoms with van der Waals surface area (Å²) < 4.78 is 1.18. The average molecular weight is 266 g/mol. The van der Waals surface area contributed by atoms with E-state index in [1.807, 2.05) is 0 Å². The molecule has 0 atom stereocenters. The molecule has 2 N–H and O–H groups in total. The van der Waals surface area contributed by atoms with Crippen molar-refractivity contribution in [2.45, 2.75) is 6.92 Å². The molecule has 0 bridgehead atoms. The summed E-state index contributed by atoms with van der Waals surface area (Å²) in [4.78, 5) is 0. The van der Waals surface area contributed by atoms with Crippen molar-refractivity contribution in [2.24, 2.45) is 0 Å². The van der Waals surface area contributed by atoms with E-state index in [4.69, 9.17) is 10.0 Å². The minimum atomic E-state index is 0. The molecule has 4 heteroatoms. The van der Waals surface area contributed by atoms with Gasteiger partial charge in [-0.2, -0.15) is 0 Å². The van der Waals surface area contributed by atoms with Crippen LogP contribution in [-0.4, -0.2) is 17.7 Å². The molecule has 0 saturated heterocycles. The van der Waals surface area contributed by atoms with Gasteiger partial charge in [-0.15, -0.1) is 0 Å². The molecule has 77 valence electrons. The van der Waals surface area contributed by atoms with Gasteiger partial charge in [-0.3, -0.25) is 0 Å². The molecule has 2 nitrogen and oxygen atoms in total. The summed E-state index contributed by atoms with van der Waals surface area (Å²) in [5.74, 6) is 0. The van der Waals surface area contributed by atoms with Crippen molar-refractivity contribution in [3.8, 4) is 0 Å². The summed E-state index contributed by atoms with van der Waals surface area (Å²) in [5.41, 5.74) is 1.29. The lowest BCUT2D eigenvalue weighted by Crippen LogP contribution is -1.76. The molecule has 0 heterocycles. The third-order valence-electron chi connectivity index (χ3n) is 1.96. The second kappa shape index (κ2) is 5.90. The Morgan fingerprint density at radius 2 is 1.73 bits per heavy atom. The van der Waals surface area contributed by atoms with Gasteiger partial charge in [0.05, 0.1) is 0 Å². The van der Waals surface area contributed by atoms with Crippen molar-refractivity contribution < 1.29 is 10.0 Å². The fourth-order valence-electron chi connectivity index (χ4n) is 1.40. The third-order valence-corrected chi connectivity index (χ3v) is 2.61. The zero-order chi connectivity index (χ0) is 11.3. The molecule has 0 amide bonds. The van der Waals surface area contributed by atoms with Crippen LogP contribution in [0, 0.1) is 6.92 Å². The number of halogens is 1. The van der Waals surface area contributed by atoms with E-state index in [9.17, 15) is 0 Å². The molecule has 2 rings (SSSR count). The van der Waals surface area contributed by atoms with Gasteiger partial charge in [0.2, 0.25) is 0 Å². The molecule has 0 aliphatic rings.